The molecule has 5 rings (SSSR count). The summed E-state index contributed by atoms with van der Waals surface area (Å²) in [6, 6.07) is 20.7. The van der Waals surface area contributed by atoms with Gasteiger partial charge in [-0.1, -0.05) is 36.4 Å². The van der Waals surface area contributed by atoms with Gasteiger partial charge in [-0.15, -0.1) is 11.3 Å². The zero-order chi connectivity index (χ0) is 21.2. The summed E-state index contributed by atoms with van der Waals surface area (Å²) in [6.45, 7) is 0.715. The first kappa shape index (κ1) is 19.6. The SMILES string of the molecule is Fc1ccc(C2=Nc3ccccc3N(CCc3nccs3)C2c2ccc(F)cc2)cc1. The molecule has 0 radical (unpaired) electrons. The summed E-state index contributed by atoms with van der Waals surface area (Å²) in [5, 5.41) is 3.03. The van der Waals surface area contributed by atoms with Crippen molar-refractivity contribution in [3.63, 3.8) is 0 Å². The minimum absolute atomic E-state index is 0.235. The molecule has 0 amide bonds. The van der Waals surface area contributed by atoms with Crippen LogP contribution in [0.1, 0.15) is 22.2 Å². The molecule has 1 unspecified atom stereocenters. The van der Waals surface area contributed by atoms with E-state index in [1.165, 1.54) is 24.3 Å². The molecule has 1 aromatic heterocycles. The number of thiazole rings is 1. The Kier molecular flexibility index (Phi) is 5.30. The zero-order valence-electron chi connectivity index (χ0n) is 16.6. The number of rotatable bonds is 5. The molecule has 2 heterocycles. The lowest BCUT2D eigenvalue weighted by Gasteiger charge is -2.39. The van der Waals surface area contributed by atoms with Crippen LogP contribution in [0.25, 0.3) is 0 Å². The molecule has 0 bridgehead atoms. The average molecular weight is 432 g/mol. The maximum Gasteiger partial charge on any atom is 0.123 e. The number of anilines is 1. The maximum atomic E-state index is 13.7. The van der Waals surface area contributed by atoms with Crippen LogP contribution in [0.2, 0.25) is 0 Å². The largest absolute Gasteiger partial charge is 0.357 e. The Morgan fingerprint density at radius 3 is 2.29 bits per heavy atom. The highest BCUT2D eigenvalue weighted by Crippen LogP contribution is 2.42. The summed E-state index contributed by atoms with van der Waals surface area (Å²) in [7, 11) is 0. The number of para-hydroxylation sites is 2. The number of nitrogens with zero attached hydrogens (tertiary/aromatic N) is 3. The van der Waals surface area contributed by atoms with Gasteiger partial charge in [0, 0.05) is 24.5 Å². The standard InChI is InChI=1S/C25H19F2N3S/c26-19-9-5-17(6-10-19)24-25(18-7-11-20(27)12-8-18)30(15-13-23-28-14-16-31-23)22-4-2-1-3-21(22)29-24/h1-12,14,16,25H,13,15H2. The molecule has 0 aliphatic carbocycles. The van der Waals surface area contributed by atoms with Crippen molar-refractivity contribution in [3.05, 3.63) is 112 Å². The highest BCUT2D eigenvalue weighted by molar-refractivity contribution is 7.09. The molecule has 31 heavy (non-hydrogen) atoms. The van der Waals surface area contributed by atoms with E-state index in [4.69, 9.17) is 4.99 Å². The molecule has 0 saturated heterocycles. The van der Waals surface area contributed by atoms with Gasteiger partial charge < -0.3 is 4.90 Å². The number of halogens is 2. The molecule has 4 aromatic rings. The summed E-state index contributed by atoms with van der Waals surface area (Å²) in [5.74, 6) is -0.575. The van der Waals surface area contributed by atoms with Crippen LogP contribution in [-0.2, 0) is 6.42 Å². The Bertz CT molecular complexity index is 1200. The number of benzene rings is 3. The molecule has 0 spiro atoms. The van der Waals surface area contributed by atoms with Crippen LogP contribution in [-0.4, -0.2) is 17.2 Å². The molecular formula is C25H19F2N3S. The molecular weight excluding hydrogens is 412 g/mol. The predicted molar refractivity (Wildman–Crippen MR) is 121 cm³/mol. The van der Waals surface area contributed by atoms with Crippen molar-refractivity contribution in [2.45, 2.75) is 12.5 Å². The van der Waals surface area contributed by atoms with Crippen molar-refractivity contribution in [2.24, 2.45) is 4.99 Å². The van der Waals surface area contributed by atoms with Gasteiger partial charge in [0.25, 0.3) is 0 Å². The van der Waals surface area contributed by atoms with Crippen molar-refractivity contribution in [2.75, 3.05) is 11.4 Å². The van der Waals surface area contributed by atoms with Crippen molar-refractivity contribution >= 4 is 28.4 Å². The second-order valence-electron chi connectivity index (χ2n) is 7.32. The summed E-state index contributed by atoms with van der Waals surface area (Å²) in [4.78, 5) is 11.7. The Morgan fingerprint density at radius 1 is 0.871 bits per heavy atom. The third-order valence-corrected chi connectivity index (χ3v) is 6.22. The van der Waals surface area contributed by atoms with Crippen LogP contribution in [0.15, 0.2) is 89.4 Å². The molecule has 1 aliphatic rings. The van der Waals surface area contributed by atoms with Crippen molar-refractivity contribution in [3.8, 4) is 0 Å². The summed E-state index contributed by atoms with van der Waals surface area (Å²) < 4.78 is 27.3. The Labute approximate surface area is 183 Å². The second-order valence-corrected chi connectivity index (χ2v) is 8.30. The van der Waals surface area contributed by atoms with Gasteiger partial charge in [-0.3, -0.25) is 0 Å². The first-order valence-electron chi connectivity index (χ1n) is 10.0. The quantitative estimate of drug-likeness (QED) is 0.369. The van der Waals surface area contributed by atoms with Crippen LogP contribution in [0, 0.1) is 11.6 Å². The van der Waals surface area contributed by atoms with Crippen molar-refractivity contribution < 1.29 is 8.78 Å². The predicted octanol–water partition coefficient (Wildman–Crippen LogP) is 6.35. The number of fused-ring (bicyclic) bond motifs is 1. The van der Waals surface area contributed by atoms with Crippen LogP contribution in [0.3, 0.4) is 0 Å². The van der Waals surface area contributed by atoms with E-state index < -0.39 is 0 Å². The minimum atomic E-state index is -0.292. The molecule has 3 nitrogen and oxygen atoms in total. The zero-order valence-corrected chi connectivity index (χ0v) is 17.4. The second kappa shape index (κ2) is 8.40. The molecule has 0 N–H and O–H groups in total. The number of aromatic nitrogens is 1. The fourth-order valence-electron chi connectivity index (χ4n) is 3.95. The molecule has 0 saturated carbocycles. The van der Waals surface area contributed by atoms with Gasteiger partial charge in [0.1, 0.15) is 11.6 Å². The van der Waals surface area contributed by atoms with Gasteiger partial charge in [-0.2, -0.15) is 0 Å². The fraction of sp³-hybridized carbons (Fsp3) is 0.120. The van der Waals surface area contributed by atoms with Crippen LogP contribution < -0.4 is 4.90 Å². The van der Waals surface area contributed by atoms with Gasteiger partial charge in [0.2, 0.25) is 0 Å². The highest BCUT2D eigenvalue weighted by Gasteiger charge is 2.32. The monoisotopic (exact) mass is 431 g/mol. The molecule has 1 aliphatic heterocycles. The minimum Gasteiger partial charge on any atom is -0.357 e. The first-order chi connectivity index (χ1) is 15.2. The van der Waals surface area contributed by atoms with Gasteiger partial charge in [-0.05, 0) is 47.5 Å². The lowest BCUT2D eigenvalue weighted by atomic mass is 9.92. The van der Waals surface area contributed by atoms with Crippen LogP contribution in [0.5, 0.6) is 0 Å². The van der Waals surface area contributed by atoms with Gasteiger partial charge in [0.05, 0.1) is 28.1 Å². The Balaban J connectivity index is 1.64. The van der Waals surface area contributed by atoms with E-state index in [1.807, 2.05) is 29.8 Å². The molecule has 6 heteroatoms. The van der Waals surface area contributed by atoms with Crippen LogP contribution >= 0.6 is 11.3 Å². The van der Waals surface area contributed by atoms with E-state index in [9.17, 15) is 8.78 Å². The van der Waals surface area contributed by atoms with E-state index >= 15 is 0 Å². The lowest BCUT2D eigenvalue weighted by Crippen LogP contribution is -2.38. The number of aliphatic imine (C=N–C) groups is 1. The topological polar surface area (TPSA) is 28.5 Å². The third kappa shape index (κ3) is 3.99. The highest BCUT2D eigenvalue weighted by atomic mass is 32.1. The van der Waals surface area contributed by atoms with E-state index in [1.54, 1.807) is 35.6 Å². The fourth-order valence-corrected chi connectivity index (χ4v) is 4.56. The Hall–Kier alpha value is -3.38. The van der Waals surface area contributed by atoms with E-state index in [0.717, 1.165) is 39.6 Å². The summed E-state index contributed by atoms with van der Waals surface area (Å²) in [5.41, 5.74) is 4.45. The van der Waals surface area contributed by atoms with E-state index in [2.05, 4.69) is 16.0 Å². The summed E-state index contributed by atoms with van der Waals surface area (Å²) >= 11 is 1.63. The molecule has 3 aromatic carbocycles. The average Bonchev–Trinajstić information content (AvgIpc) is 3.32. The summed E-state index contributed by atoms with van der Waals surface area (Å²) in [6.07, 6.45) is 2.59. The lowest BCUT2D eigenvalue weighted by molar-refractivity contribution is 0.625. The van der Waals surface area contributed by atoms with Crippen LogP contribution in [0.4, 0.5) is 20.2 Å². The third-order valence-electron chi connectivity index (χ3n) is 5.38. The number of hydrogen-bond acceptors (Lipinski definition) is 4. The van der Waals surface area contributed by atoms with Gasteiger partial charge in [0.15, 0.2) is 0 Å². The maximum absolute atomic E-state index is 13.7. The van der Waals surface area contributed by atoms with E-state index in [-0.39, 0.29) is 17.7 Å². The van der Waals surface area contributed by atoms with Gasteiger partial charge >= 0.3 is 0 Å². The smallest absolute Gasteiger partial charge is 0.123 e. The van der Waals surface area contributed by atoms with Gasteiger partial charge in [-0.25, -0.2) is 18.8 Å². The van der Waals surface area contributed by atoms with E-state index in [0.29, 0.717) is 6.54 Å². The first-order valence-corrected chi connectivity index (χ1v) is 10.9. The Morgan fingerprint density at radius 2 is 1.58 bits per heavy atom. The molecule has 0 fully saturated rings. The molecule has 154 valence electrons. The molecule has 1 atom stereocenters. The number of hydrogen-bond donors (Lipinski definition) is 0. The van der Waals surface area contributed by atoms with Crippen molar-refractivity contribution in [1.29, 1.82) is 0 Å². The van der Waals surface area contributed by atoms with Crippen molar-refractivity contribution in [1.82, 2.24) is 4.98 Å². The normalized spacial score (nSPS) is 15.5.